The Kier molecular flexibility index (Phi) is 3.41. The van der Waals surface area contributed by atoms with Crippen LogP contribution in [0, 0.1) is 0 Å². The molecule has 0 unspecified atom stereocenters. The molecule has 1 heterocycles. The molecule has 1 aliphatic carbocycles. The number of hydrogen-bond acceptors (Lipinski definition) is 6. The Morgan fingerprint density at radius 2 is 2.00 bits per heavy atom. The van der Waals surface area contributed by atoms with Gasteiger partial charge in [0, 0.05) is 6.07 Å². The molecule has 0 amide bonds. The molecular weight excluding hydrogens is 294 g/mol. The molecule has 0 radical (unpaired) electrons. The van der Waals surface area contributed by atoms with Gasteiger partial charge in [-0.2, -0.15) is 0 Å². The van der Waals surface area contributed by atoms with Crippen LogP contribution < -0.4 is 14.6 Å². The zero-order chi connectivity index (χ0) is 14.3. The van der Waals surface area contributed by atoms with Crippen molar-refractivity contribution in [3.05, 3.63) is 12.3 Å². The van der Waals surface area contributed by atoms with E-state index in [9.17, 15) is 16.8 Å². The van der Waals surface area contributed by atoms with Crippen molar-refractivity contribution in [3.63, 3.8) is 0 Å². The van der Waals surface area contributed by atoms with E-state index >= 15 is 0 Å². The fourth-order valence-electron chi connectivity index (χ4n) is 1.37. The maximum absolute atomic E-state index is 11.3. The first-order chi connectivity index (χ1) is 8.65. The molecule has 19 heavy (non-hydrogen) atoms. The number of nitrogens with zero attached hydrogens (tertiary/aromatic N) is 1. The van der Waals surface area contributed by atoms with E-state index < -0.39 is 25.1 Å². The second kappa shape index (κ2) is 4.62. The van der Waals surface area contributed by atoms with E-state index in [0.29, 0.717) is 0 Å². The molecule has 8 nitrogen and oxygen atoms in total. The summed E-state index contributed by atoms with van der Waals surface area (Å²) >= 11 is 0. The largest absolute Gasteiger partial charge is 0.487 e. The van der Waals surface area contributed by atoms with E-state index in [1.54, 1.807) is 0 Å². The average Bonchev–Trinajstić information content (AvgIpc) is 2.97. The molecule has 3 N–H and O–H groups in total. The fourth-order valence-corrected chi connectivity index (χ4v) is 2.49. The van der Waals surface area contributed by atoms with E-state index in [4.69, 9.17) is 9.88 Å². The molecule has 2 rings (SSSR count). The van der Waals surface area contributed by atoms with Gasteiger partial charge >= 0.3 is 0 Å². The second-order valence-electron chi connectivity index (χ2n) is 4.26. The molecule has 0 bridgehead atoms. The number of anilines is 1. The van der Waals surface area contributed by atoms with Gasteiger partial charge in [0.15, 0.2) is 5.75 Å². The standard InChI is InChI=1S/C9H13N3O5S2/c1-18(13,14)12-6-4-8(17-7-2-3-7)9(11-5-6)19(10,15)16/h4-5,7,12H,2-3H2,1H3,(H2,10,15,16). The van der Waals surface area contributed by atoms with Crippen LogP contribution in [0.1, 0.15) is 12.8 Å². The van der Waals surface area contributed by atoms with Gasteiger partial charge in [-0.3, -0.25) is 4.72 Å². The number of pyridine rings is 1. The van der Waals surface area contributed by atoms with Crippen molar-refractivity contribution in [2.24, 2.45) is 5.14 Å². The fraction of sp³-hybridized carbons (Fsp3) is 0.444. The lowest BCUT2D eigenvalue weighted by Gasteiger charge is -2.11. The van der Waals surface area contributed by atoms with Crippen molar-refractivity contribution < 1.29 is 21.6 Å². The summed E-state index contributed by atoms with van der Waals surface area (Å²) in [6, 6.07) is 1.26. The molecule has 1 aliphatic rings. The van der Waals surface area contributed by atoms with Crippen LogP contribution in [0.15, 0.2) is 17.3 Å². The molecule has 0 saturated heterocycles. The van der Waals surface area contributed by atoms with Gasteiger partial charge < -0.3 is 4.74 Å². The van der Waals surface area contributed by atoms with Crippen LogP contribution in [0.4, 0.5) is 5.69 Å². The Bertz CT molecular complexity index is 695. The zero-order valence-electron chi connectivity index (χ0n) is 10.0. The summed E-state index contributed by atoms with van der Waals surface area (Å²) in [6.45, 7) is 0. The van der Waals surface area contributed by atoms with Gasteiger partial charge in [0.2, 0.25) is 15.0 Å². The average molecular weight is 307 g/mol. The molecule has 1 saturated carbocycles. The smallest absolute Gasteiger partial charge is 0.259 e. The van der Waals surface area contributed by atoms with Gasteiger partial charge in [0.05, 0.1) is 24.2 Å². The van der Waals surface area contributed by atoms with Crippen LogP contribution in [0.2, 0.25) is 0 Å². The van der Waals surface area contributed by atoms with E-state index in [1.165, 1.54) is 6.07 Å². The van der Waals surface area contributed by atoms with Crippen LogP contribution in [0.3, 0.4) is 0 Å². The Morgan fingerprint density at radius 3 is 2.47 bits per heavy atom. The normalized spacial score (nSPS) is 16.1. The minimum atomic E-state index is -4.03. The second-order valence-corrected chi connectivity index (χ2v) is 7.49. The van der Waals surface area contributed by atoms with Crippen LogP contribution in [-0.4, -0.2) is 34.2 Å². The summed E-state index contributed by atoms with van der Waals surface area (Å²) in [7, 11) is -7.51. The molecule has 1 aromatic heterocycles. The van der Waals surface area contributed by atoms with E-state index in [-0.39, 0.29) is 17.5 Å². The molecule has 0 spiro atoms. The lowest BCUT2D eigenvalue weighted by atomic mass is 10.4. The summed E-state index contributed by atoms with van der Waals surface area (Å²) in [5.74, 6) is -0.0429. The maximum Gasteiger partial charge on any atom is 0.259 e. The Morgan fingerprint density at radius 1 is 1.37 bits per heavy atom. The number of aromatic nitrogens is 1. The van der Waals surface area contributed by atoms with Gasteiger partial charge in [-0.05, 0) is 12.8 Å². The number of rotatable bonds is 5. The summed E-state index contributed by atoms with van der Waals surface area (Å²) in [6.07, 6.45) is 3.60. The number of sulfonamides is 2. The maximum atomic E-state index is 11.3. The third-order valence-corrected chi connectivity index (χ3v) is 3.66. The molecule has 0 aliphatic heterocycles. The minimum Gasteiger partial charge on any atom is -0.487 e. The van der Waals surface area contributed by atoms with Crippen LogP contribution in [-0.2, 0) is 20.0 Å². The highest BCUT2D eigenvalue weighted by atomic mass is 32.2. The van der Waals surface area contributed by atoms with Crippen molar-refractivity contribution in [2.75, 3.05) is 11.0 Å². The van der Waals surface area contributed by atoms with Crippen LogP contribution >= 0.6 is 0 Å². The predicted octanol–water partition coefficient (Wildman–Crippen LogP) is -0.358. The van der Waals surface area contributed by atoms with Crippen molar-refractivity contribution in [3.8, 4) is 5.75 Å². The third-order valence-electron chi connectivity index (χ3n) is 2.21. The number of nitrogens with two attached hydrogens (primary N) is 1. The number of primary sulfonamides is 1. The highest BCUT2D eigenvalue weighted by Crippen LogP contribution is 2.31. The molecule has 0 atom stereocenters. The van der Waals surface area contributed by atoms with E-state index in [2.05, 4.69) is 9.71 Å². The van der Waals surface area contributed by atoms with E-state index in [0.717, 1.165) is 25.3 Å². The van der Waals surface area contributed by atoms with Gasteiger partial charge in [0.25, 0.3) is 10.0 Å². The van der Waals surface area contributed by atoms with Crippen molar-refractivity contribution in [1.29, 1.82) is 0 Å². The first-order valence-corrected chi connectivity index (χ1v) is 8.76. The first-order valence-electron chi connectivity index (χ1n) is 5.32. The molecule has 1 aromatic rings. The lowest BCUT2D eigenvalue weighted by Crippen LogP contribution is -2.17. The Balaban J connectivity index is 2.40. The quantitative estimate of drug-likeness (QED) is 0.764. The summed E-state index contributed by atoms with van der Waals surface area (Å²) in [5.41, 5.74) is 0.116. The van der Waals surface area contributed by atoms with Crippen LogP contribution in [0.5, 0.6) is 5.75 Å². The first kappa shape index (κ1) is 14.0. The highest BCUT2D eigenvalue weighted by Gasteiger charge is 2.27. The highest BCUT2D eigenvalue weighted by molar-refractivity contribution is 7.92. The predicted molar refractivity (Wildman–Crippen MR) is 67.7 cm³/mol. The van der Waals surface area contributed by atoms with Gasteiger partial charge in [0.1, 0.15) is 0 Å². The monoisotopic (exact) mass is 307 g/mol. The Hall–Kier alpha value is -1.39. The number of ether oxygens (including phenoxy) is 1. The summed E-state index contributed by atoms with van der Waals surface area (Å²) < 4.78 is 52.5. The summed E-state index contributed by atoms with van der Waals surface area (Å²) in [5, 5.41) is 4.62. The van der Waals surface area contributed by atoms with Crippen molar-refractivity contribution >= 4 is 25.7 Å². The lowest BCUT2D eigenvalue weighted by molar-refractivity contribution is 0.292. The topological polar surface area (TPSA) is 128 Å². The van der Waals surface area contributed by atoms with Gasteiger partial charge in [-0.25, -0.2) is 27.0 Å². The zero-order valence-corrected chi connectivity index (χ0v) is 11.7. The SMILES string of the molecule is CS(=O)(=O)Nc1cnc(S(N)(=O)=O)c(OC2CC2)c1. The van der Waals surface area contributed by atoms with Crippen molar-refractivity contribution in [2.45, 2.75) is 24.0 Å². The van der Waals surface area contributed by atoms with Crippen molar-refractivity contribution in [1.82, 2.24) is 4.98 Å². The van der Waals surface area contributed by atoms with Gasteiger partial charge in [-0.15, -0.1) is 0 Å². The number of nitrogens with one attached hydrogen (secondary N) is 1. The third kappa shape index (κ3) is 4.04. The van der Waals surface area contributed by atoms with E-state index in [1.807, 2.05) is 0 Å². The molecule has 106 valence electrons. The molecule has 0 aromatic carbocycles. The Labute approximate surface area is 111 Å². The number of hydrogen-bond donors (Lipinski definition) is 2. The molecular formula is C9H13N3O5S2. The van der Waals surface area contributed by atoms with Gasteiger partial charge in [-0.1, -0.05) is 0 Å². The minimum absolute atomic E-state index is 0.0429. The molecule has 1 fully saturated rings. The van der Waals surface area contributed by atoms with Crippen LogP contribution in [0.25, 0.3) is 0 Å². The molecule has 10 heteroatoms. The summed E-state index contributed by atoms with van der Waals surface area (Å²) in [4.78, 5) is 3.65.